The van der Waals surface area contributed by atoms with Gasteiger partial charge < -0.3 is 19.7 Å². The summed E-state index contributed by atoms with van der Waals surface area (Å²) < 4.78 is 11.3. The van der Waals surface area contributed by atoms with Crippen LogP contribution in [-0.4, -0.2) is 60.6 Å². The summed E-state index contributed by atoms with van der Waals surface area (Å²) in [6, 6.07) is 12.5. The van der Waals surface area contributed by atoms with Crippen LogP contribution in [-0.2, 0) is 4.74 Å². The van der Waals surface area contributed by atoms with Crippen molar-refractivity contribution in [2.45, 2.75) is 25.9 Å². The molecule has 0 aliphatic carbocycles. The van der Waals surface area contributed by atoms with E-state index in [-0.39, 0.29) is 17.9 Å². The van der Waals surface area contributed by atoms with Crippen LogP contribution in [0, 0.1) is 6.92 Å². The number of aryl methyl sites for hydroxylation is 1. The molecule has 2 aliphatic heterocycles. The zero-order chi connectivity index (χ0) is 21.6. The lowest BCUT2D eigenvalue weighted by molar-refractivity contribution is 0.0679. The molecule has 2 saturated heterocycles. The van der Waals surface area contributed by atoms with Gasteiger partial charge in [0.15, 0.2) is 0 Å². The fourth-order valence-electron chi connectivity index (χ4n) is 3.75. The van der Waals surface area contributed by atoms with Gasteiger partial charge in [-0.25, -0.2) is 0 Å². The molecule has 1 N–H and O–H groups in total. The highest BCUT2D eigenvalue weighted by atomic mass is 32.2. The van der Waals surface area contributed by atoms with Gasteiger partial charge >= 0.3 is 0 Å². The van der Waals surface area contributed by atoms with Crippen LogP contribution in [0.4, 0.5) is 5.69 Å². The van der Waals surface area contributed by atoms with E-state index in [1.165, 1.54) is 0 Å². The molecule has 4 rings (SSSR count). The van der Waals surface area contributed by atoms with Gasteiger partial charge in [-0.15, -0.1) is 0 Å². The van der Waals surface area contributed by atoms with E-state index in [1.54, 1.807) is 36.4 Å². The molecule has 2 aliphatic rings. The lowest BCUT2D eigenvalue weighted by Gasteiger charge is -2.26. The second kappa shape index (κ2) is 10.2. The first-order valence-electron chi connectivity index (χ1n) is 10.7. The Morgan fingerprint density at radius 2 is 1.87 bits per heavy atom. The summed E-state index contributed by atoms with van der Waals surface area (Å²) in [5.74, 6) is 2.55. The highest BCUT2D eigenvalue weighted by Crippen LogP contribution is 2.21. The number of anilines is 1. The Kier molecular flexibility index (Phi) is 7.14. The molecule has 7 heteroatoms. The van der Waals surface area contributed by atoms with Crippen LogP contribution in [0.2, 0.25) is 0 Å². The molecule has 2 aromatic rings. The molecule has 0 spiro atoms. The lowest BCUT2D eigenvalue weighted by atomic mass is 10.1. The molecular weight excluding hydrogens is 412 g/mol. The van der Waals surface area contributed by atoms with E-state index >= 15 is 0 Å². The molecule has 6 nitrogen and oxygen atoms in total. The minimum Gasteiger partial charge on any atom is -0.491 e. The largest absolute Gasteiger partial charge is 0.491 e. The smallest absolute Gasteiger partial charge is 0.255 e. The highest BCUT2D eigenvalue weighted by Gasteiger charge is 2.19. The summed E-state index contributed by atoms with van der Waals surface area (Å²) in [7, 11) is 0. The first-order chi connectivity index (χ1) is 15.1. The van der Waals surface area contributed by atoms with Gasteiger partial charge in [0.1, 0.15) is 12.4 Å². The Balaban J connectivity index is 1.34. The lowest BCUT2D eigenvalue weighted by Crippen LogP contribution is -2.37. The molecule has 31 heavy (non-hydrogen) atoms. The number of carbonyl (C=O) groups is 2. The zero-order valence-electron chi connectivity index (χ0n) is 17.8. The Bertz CT molecular complexity index is 920. The van der Waals surface area contributed by atoms with E-state index in [9.17, 15) is 9.59 Å². The minimum absolute atomic E-state index is 0.0554. The van der Waals surface area contributed by atoms with Gasteiger partial charge in [0, 0.05) is 48.0 Å². The third-order valence-electron chi connectivity index (χ3n) is 5.60. The van der Waals surface area contributed by atoms with Crippen LogP contribution in [0.25, 0.3) is 0 Å². The van der Waals surface area contributed by atoms with Gasteiger partial charge in [0.05, 0.1) is 6.10 Å². The summed E-state index contributed by atoms with van der Waals surface area (Å²) in [6.07, 6.45) is 2.27. The summed E-state index contributed by atoms with van der Waals surface area (Å²) in [5, 5.41) is 2.94. The Hall–Kier alpha value is -2.51. The number of rotatable bonds is 6. The van der Waals surface area contributed by atoms with Gasteiger partial charge in [0.25, 0.3) is 11.8 Å². The monoisotopic (exact) mass is 440 g/mol. The van der Waals surface area contributed by atoms with Crippen LogP contribution in [0.5, 0.6) is 5.75 Å². The average molecular weight is 441 g/mol. The fraction of sp³-hybridized carbons (Fsp3) is 0.417. The first kappa shape index (κ1) is 21.7. The highest BCUT2D eigenvalue weighted by molar-refractivity contribution is 7.99. The normalized spacial score (nSPS) is 18.6. The Morgan fingerprint density at radius 3 is 2.55 bits per heavy atom. The van der Waals surface area contributed by atoms with Crippen molar-refractivity contribution >= 4 is 29.3 Å². The van der Waals surface area contributed by atoms with E-state index in [4.69, 9.17) is 9.47 Å². The standard InChI is InChI=1S/C24H28N2O4S/c1-17-15-19(24(28)26-10-13-31-14-11-26)6-9-22(17)25-23(27)18-4-7-20(8-5-18)30-16-21-3-2-12-29-21/h4-9,15,21H,2-3,10-14,16H2,1H3,(H,25,27). The van der Waals surface area contributed by atoms with Crippen molar-refractivity contribution in [2.75, 3.05) is 43.1 Å². The maximum atomic E-state index is 12.7. The van der Waals surface area contributed by atoms with Gasteiger partial charge in [-0.2, -0.15) is 11.8 Å². The molecule has 1 unspecified atom stereocenters. The SMILES string of the molecule is Cc1cc(C(=O)N2CCSCC2)ccc1NC(=O)c1ccc(OCC2CCCO2)cc1. The van der Waals surface area contributed by atoms with Crippen molar-refractivity contribution < 1.29 is 19.1 Å². The quantitative estimate of drug-likeness (QED) is 0.736. The molecule has 0 bridgehead atoms. The van der Waals surface area contributed by atoms with Crippen molar-refractivity contribution in [3.05, 3.63) is 59.2 Å². The summed E-state index contributed by atoms with van der Waals surface area (Å²) in [6.45, 7) is 4.81. The number of thioether (sulfide) groups is 1. The second-order valence-corrected chi connectivity index (χ2v) is 9.08. The second-order valence-electron chi connectivity index (χ2n) is 7.86. The van der Waals surface area contributed by atoms with E-state index in [0.29, 0.717) is 23.4 Å². The van der Waals surface area contributed by atoms with Gasteiger partial charge in [-0.05, 0) is 67.8 Å². The van der Waals surface area contributed by atoms with Crippen molar-refractivity contribution in [1.29, 1.82) is 0 Å². The van der Waals surface area contributed by atoms with Crippen molar-refractivity contribution in [1.82, 2.24) is 4.90 Å². The van der Waals surface area contributed by atoms with E-state index in [1.807, 2.05) is 29.7 Å². The molecule has 0 saturated carbocycles. The number of benzene rings is 2. The Labute approximate surface area is 187 Å². The molecule has 2 amide bonds. The van der Waals surface area contributed by atoms with Crippen LogP contribution >= 0.6 is 11.8 Å². The van der Waals surface area contributed by atoms with Crippen molar-refractivity contribution in [3.63, 3.8) is 0 Å². The van der Waals surface area contributed by atoms with Crippen molar-refractivity contribution in [3.8, 4) is 5.75 Å². The topological polar surface area (TPSA) is 67.9 Å². The number of amides is 2. The molecule has 1 atom stereocenters. The predicted octanol–water partition coefficient (Wildman–Crippen LogP) is 3.99. The van der Waals surface area contributed by atoms with Crippen LogP contribution < -0.4 is 10.1 Å². The number of hydrogen-bond donors (Lipinski definition) is 1. The van der Waals surface area contributed by atoms with Gasteiger partial charge in [-0.3, -0.25) is 9.59 Å². The van der Waals surface area contributed by atoms with Crippen LogP contribution in [0.15, 0.2) is 42.5 Å². The molecular formula is C24H28N2O4S. The minimum atomic E-state index is -0.194. The summed E-state index contributed by atoms with van der Waals surface area (Å²) >= 11 is 1.88. The molecule has 2 aromatic carbocycles. The predicted molar refractivity (Wildman–Crippen MR) is 123 cm³/mol. The summed E-state index contributed by atoms with van der Waals surface area (Å²) in [4.78, 5) is 27.2. The molecule has 0 aromatic heterocycles. The number of nitrogens with one attached hydrogen (secondary N) is 1. The Morgan fingerprint density at radius 1 is 1.13 bits per heavy atom. The zero-order valence-corrected chi connectivity index (χ0v) is 18.6. The molecule has 2 heterocycles. The first-order valence-corrected chi connectivity index (χ1v) is 11.9. The number of ether oxygens (including phenoxy) is 2. The van der Waals surface area contributed by atoms with Gasteiger partial charge in [-0.1, -0.05) is 0 Å². The van der Waals surface area contributed by atoms with E-state index in [0.717, 1.165) is 55.4 Å². The third-order valence-corrected chi connectivity index (χ3v) is 6.54. The number of carbonyl (C=O) groups excluding carboxylic acids is 2. The molecule has 2 fully saturated rings. The number of nitrogens with zero attached hydrogens (tertiary/aromatic N) is 1. The van der Waals surface area contributed by atoms with E-state index in [2.05, 4.69) is 5.32 Å². The third kappa shape index (κ3) is 5.60. The van der Waals surface area contributed by atoms with Crippen LogP contribution in [0.3, 0.4) is 0 Å². The molecule has 0 radical (unpaired) electrons. The average Bonchev–Trinajstić information content (AvgIpc) is 3.33. The van der Waals surface area contributed by atoms with Crippen molar-refractivity contribution in [2.24, 2.45) is 0 Å². The van der Waals surface area contributed by atoms with Gasteiger partial charge in [0.2, 0.25) is 0 Å². The molecule has 164 valence electrons. The number of hydrogen-bond acceptors (Lipinski definition) is 5. The fourth-order valence-corrected chi connectivity index (χ4v) is 4.65. The van der Waals surface area contributed by atoms with E-state index < -0.39 is 0 Å². The summed E-state index contributed by atoms with van der Waals surface area (Å²) in [5.41, 5.74) is 2.78. The maximum absolute atomic E-state index is 12.7. The van der Waals surface area contributed by atoms with Crippen LogP contribution in [0.1, 0.15) is 39.1 Å². The maximum Gasteiger partial charge on any atom is 0.255 e.